The average molecular weight is 445 g/mol. The molecule has 0 atom stereocenters. The van der Waals surface area contributed by atoms with Gasteiger partial charge in [0.2, 0.25) is 5.91 Å². The van der Waals surface area contributed by atoms with Crippen LogP contribution in [0.3, 0.4) is 0 Å². The monoisotopic (exact) mass is 444 g/mol. The van der Waals surface area contributed by atoms with Crippen molar-refractivity contribution in [3.63, 3.8) is 0 Å². The van der Waals surface area contributed by atoms with Crippen LogP contribution in [0.1, 0.15) is 5.69 Å². The summed E-state index contributed by atoms with van der Waals surface area (Å²) >= 11 is 4.96. The molecule has 0 aliphatic rings. The Morgan fingerprint density at radius 2 is 1.78 bits per heavy atom. The highest BCUT2D eigenvalue weighted by Gasteiger charge is 2.10. The van der Waals surface area contributed by atoms with Crippen molar-refractivity contribution in [1.82, 2.24) is 10.3 Å². The molecule has 0 unspecified atom stereocenters. The lowest BCUT2D eigenvalue weighted by Crippen LogP contribution is -2.24. The standard InChI is InChI=1S/C19H17BrN4O2S/c1-21-19(26)24-15-7-5-14(6-8-15)22-17(25)10-16-11-27-18(23-16)12-3-2-4-13(20)9-12/h2-9,11H,10H2,1H3,(H,22,25)(H2,21,24,26). The number of aromatic nitrogens is 1. The molecule has 0 radical (unpaired) electrons. The van der Waals surface area contributed by atoms with Gasteiger partial charge < -0.3 is 16.0 Å². The van der Waals surface area contributed by atoms with Crippen LogP contribution in [0.25, 0.3) is 10.6 Å². The maximum absolute atomic E-state index is 12.3. The summed E-state index contributed by atoms with van der Waals surface area (Å²) in [5.74, 6) is -0.145. The van der Waals surface area contributed by atoms with Gasteiger partial charge in [0.25, 0.3) is 0 Å². The molecule has 3 N–H and O–H groups in total. The first-order valence-corrected chi connectivity index (χ1v) is 9.80. The largest absolute Gasteiger partial charge is 0.341 e. The number of nitrogens with one attached hydrogen (secondary N) is 3. The molecular formula is C19H17BrN4O2S. The van der Waals surface area contributed by atoms with E-state index in [0.717, 1.165) is 20.7 Å². The molecule has 1 aromatic heterocycles. The van der Waals surface area contributed by atoms with Crippen molar-refractivity contribution in [2.24, 2.45) is 0 Å². The van der Waals surface area contributed by atoms with Gasteiger partial charge in [0.05, 0.1) is 12.1 Å². The molecule has 138 valence electrons. The van der Waals surface area contributed by atoms with Crippen LogP contribution in [0.4, 0.5) is 16.2 Å². The van der Waals surface area contributed by atoms with Gasteiger partial charge in [-0.15, -0.1) is 11.3 Å². The second kappa shape index (κ2) is 8.79. The fraction of sp³-hybridized carbons (Fsp3) is 0.105. The zero-order valence-corrected chi connectivity index (χ0v) is 16.9. The Morgan fingerprint density at radius 3 is 2.44 bits per heavy atom. The van der Waals surface area contributed by atoms with Gasteiger partial charge in [-0.3, -0.25) is 4.79 Å². The minimum Gasteiger partial charge on any atom is -0.341 e. The van der Waals surface area contributed by atoms with Crippen LogP contribution in [0.15, 0.2) is 58.4 Å². The summed E-state index contributed by atoms with van der Waals surface area (Å²) in [6.45, 7) is 0. The normalized spacial score (nSPS) is 10.3. The highest BCUT2D eigenvalue weighted by molar-refractivity contribution is 9.10. The first-order valence-electron chi connectivity index (χ1n) is 8.12. The van der Waals surface area contributed by atoms with Crippen LogP contribution in [0.2, 0.25) is 0 Å². The topological polar surface area (TPSA) is 83.1 Å². The first-order chi connectivity index (χ1) is 13.0. The first kappa shape index (κ1) is 19.1. The van der Waals surface area contributed by atoms with Gasteiger partial charge in [0, 0.05) is 33.8 Å². The van der Waals surface area contributed by atoms with Crippen molar-refractivity contribution < 1.29 is 9.59 Å². The Bertz CT molecular complexity index is 956. The Kier molecular flexibility index (Phi) is 6.20. The van der Waals surface area contributed by atoms with Gasteiger partial charge in [0.1, 0.15) is 5.01 Å². The van der Waals surface area contributed by atoms with E-state index in [4.69, 9.17) is 0 Å². The number of benzene rings is 2. The zero-order valence-electron chi connectivity index (χ0n) is 14.5. The van der Waals surface area contributed by atoms with Gasteiger partial charge in [-0.05, 0) is 36.4 Å². The van der Waals surface area contributed by atoms with Crippen LogP contribution >= 0.6 is 27.3 Å². The maximum Gasteiger partial charge on any atom is 0.318 e. The molecule has 3 amide bonds. The lowest BCUT2D eigenvalue weighted by molar-refractivity contribution is -0.115. The number of carbonyl (C=O) groups excluding carboxylic acids is 2. The molecule has 1 heterocycles. The number of thiazole rings is 1. The van der Waals surface area contributed by atoms with E-state index in [9.17, 15) is 9.59 Å². The van der Waals surface area contributed by atoms with E-state index < -0.39 is 0 Å². The third kappa shape index (κ3) is 5.38. The lowest BCUT2D eigenvalue weighted by Gasteiger charge is -2.07. The van der Waals surface area contributed by atoms with Crippen molar-refractivity contribution in [3.05, 3.63) is 64.1 Å². The second-order valence-corrected chi connectivity index (χ2v) is 7.43. The van der Waals surface area contributed by atoms with E-state index in [2.05, 4.69) is 36.9 Å². The van der Waals surface area contributed by atoms with Crippen LogP contribution in [0.5, 0.6) is 0 Å². The molecule has 0 spiro atoms. The predicted octanol–water partition coefficient (Wildman–Crippen LogP) is 4.51. The minimum absolute atomic E-state index is 0.145. The molecule has 27 heavy (non-hydrogen) atoms. The highest BCUT2D eigenvalue weighted by atomic mass is 79.9. The van der Waals surface area contributed by atoms with E-state index in [0.29, 0.717) is 11.4 Å². The molecule has 0 aliphatic heterocycles. The van der Waals surface area contributed by atoms with Gasteiger partial charge in [-0.2, -0.15) is 0 Å². The molecule has 0 saturated carbocycles. The van der Waals surface area contributed by atoms with Gasteiger partial charge in [-0.1, -0.05) is 28.1 Å². The Hall–Kier alpha value is -2.71. The Labute approximate surface area is 169 Å². The molecule has 3 rings (SSSR count). The van der Waals surface area contributed by atoms with Crippen LogP contribution < -0.4 is 16.0 Å². The number of nitrogens with zero attached hydrogens (tertiary/aromatic N) is 1. The number of urea groups is 1. The number of carbonyl (C=O) groups is 2. The van der Waals surface area contributed by atoms with Crippen molar-refractivity contribution in [2.75, 3.05) is 17.7 Å². The summed E-state index contributed by atoms with van der Waals surface area (Å²) in [6.07, 6.45) is 0.197. The third-order valence-corrected chi connectivity index (χ3v) is 5.05. The summed E-state index contributed by atoms with van der Waals surface area (Å²) in [4.78, 5) is 28.1. The number of rotatable bonds is 5. The fourth-order valence-electron chi connectivity index (χ4n) is 2.34. The van der Waals surface area contributed by atoms with E-state index in [-0.39, 0.29) is 18.4 Å². The van der Waals surface area contributed by atoms with Crippen LogP contribution in [0, 0.1) is 0 Å². The second-order valence-electron chi connectivity index (χ2n) is 5.66. The van der Waals surface area contributed by atoms with Gasteiger partial charge in [0.15, 0.2) is 0 Å². The van der Waals surface area contributed by atoms with E-state index in [1.54, 1.807) is 31.3 Å². The van der Waals surface area contributed by atoms with Crippen molar-refractivity contribution in [2.45, 2.75) is 6.42 Å². The van der Waals surface area contributed by atoms with Crippen molar-refractivity contribution in [3.8, 4) is 10.6 Å². The number of hydrogen-bond donors (Lipinski definition) is 3. The Morgan fingerprint density at radius 1 is 1.07 bits per heavy atom. The number of amides is 3. The lowest BCUT2D eigenvalue weighted by atomic mass is 10.2. The zero-order chi connectivity index (χ0) is 19.2. The number of hydrogen-bond acceptors (Lipinski definition) is 4. The smallest absolute Gasteiger partial charge is 0.318 e. The summed E-state index contributed by atoms with van der Waals surface area (Å²) in [5, 5.41) is 10.7. The summed E-state index contributed by atoms with van der Waals surface area (Å²) in [7, 11) is 1.55. The predicted molar refractivity (Wildman–Crippen MR) is 112 cm³/mol. The third-order valence-electron chi connectivity index (χ3n) is 3.62. The van der Waals surface area contributed by atoms with Gasteiger partial charge in [-0.25, -0.2) is 9.78 Å². The molecule has 0 saturated heterocycles. The quantitative estimate of drug-likeness (QED) is 0.541. The summed E-state index contributed by atoms with van der Waals surface area (Å²) < 4.78 is 0.990. The highest BCUT2D eigenvalue weighted by Crippen LogP contribution is 2.26. The Balaban J connectivity index is 1.59. The number of anilines is 2. The van der Waals surface area contributed by atoms with E-state index in [1.165, 1.54) is 11.3 Å². The molecule has 0 bridgehead atoms. The molecule has 3 aromatic rings. The van der Waals surface area contributed by atoms with E-state index in [1.807, 2.05) is 29.6 Å². The summed E-state index contributed by atoms with van der Waals surface area (Å²) in [5.41, 5.74) is 3.04. The molecule has 8 heteroatoms. The SMILES string of the molecule is CNC(=O)Nc1ccc(NC(=O)Cc2csc(-c3cccc(Br)c3)n2)cc1. The summed E-state index contributed by atoms with van der Waals surface area (Å²) in [6, 6.07) is 14.5. The molecule has 2 aromatic carbocycles. The van der Waals surface area contributed by atoms with Crippen molar-refractivity contribution in [1.29, 1.82) is 0 Å². The van der Waals surface area contributed by atoms with Crippen LogP contribution in [-0.2, 0) is 11.2 Å². The molecule has 0 aliphatic carbocycles. The maximum atomic E-state index is 12.3. The molecule has 6 nitrogen and oxygen atoms in total. The van der Waals surface area contributed by atoms with Gasteiger partial charge >= 0.3 is 6.03 Å². The van der Waals surface area contributed by atoms with Crippen molar-refractivity contribution >= 4 is 50.6 Å². The van der Waals surface area contributed by atoms with Crippen LogP contribution in [-0.4, -0.2) is 24.0 Å². The number of halogens is 1. The minimum atomic E-state index is -0.295. The molecular weight excluding hydrogens is 428 g/mol. The molecule has 0 fully saturated rings. The average Bonchev–Trinajstić information content (AvgIpc) is 3.11. The fourth-order valence-corrected chi connectivity index (χ4v) is 3.56. The van der Waals surface area contributed by atoms with E-state index >= 15 is 0 Å².